The summed E-state index contributed by atoms with van der Waals surface area (Å²) in [5.41, 5.74) is 13.4. The Kier molecular flexibility index (Phi) is 4.28. The summed E-state index contributed by atoms with van der Waals surface area (Å²) in [6.07, 6.45) is -0.531. The Balaban J connectivity index is 2.16. The number of halogens is 1. The predicted molar refractivity (Wildman–Crippen MR) is 113 cm³/mol. The molecule has 1 aromatic heterocycles. The Bertz CT molecular complexity index is 1200. The van der Waals surface area contributed by atoms with E-state index in [1.807, 2.05) is 49.4 Å². The lowest BCUT2D eigenvalue weighted by Crippen LogP contribution is -2.23. The lowest BCUT2D eigenvalue weighted by molar-refractivity contribution is 0.183. The first-order chi connectivity index (χ1) is 13.0. The number of amides is 1. The Morgan fingerprint density at radius 1 is 1.15 bits per heavy atom. The quantitative estimate of drug-likeness (QED) is 0.422. The zero-order valence-electron chi connectivity index (χ0n) is 14.9. The lowest BCUT2D eigenvalue weighted by Gasteiger charge is -2.10. The van der Waals surface area contributed by atoms with Crippen molar-refractivity contribution >= 4 is 49.4 Å². The Morgan fingerprint density at radius 2 is 1.93 bits per heavy atom. The number of benzene rings is 3. The van der Waals surface area contributed by atoms with Gasteiger partial charge >= 0.3 is 6.09 Å². The van der Waals surface area contributed by atoms with Crippen molar-refractivity contribution in [2.45, 2.75) is 6.92 Å². The number of ether oxygens (including phenoxy) is 1. The van der Waals surface area contributed by atoms with Gasteiger partial charge in [0.15, 0.2) is 0 Å². The van der Waals surface area contributed by atoms with Crippen LogP contribution in [0.1, 0.15) is 5.69 Å². The average molecular weight is 424 g/mol. The molecular weight excluding hydrogens is 406 g/mol. The van der Waals surface area contributed by atoms with E-state index in [1.165, 1.54) is 7.11 Å². The molecule has 0 saturated carbocycles. The molecule has 3 N–H and O–H groups in total. The highest BCUT2D eigenvalue weighted by Gasteiger charge is 2.21. The maximum absolute atomic E-state index is 11.9. The minimum Gasteiger partial charge on any atom is -0.452 e. The highest BCUT2D eigenvalue weighted by atomic mass is 79.9. The summed E-state index contributed by atoms with van der Waals surface area (Å²) in [5.74, 6) is 0. The molecule has 0 radical (unpaired) electrons. The number of hydrogen-bond donors (Lipinski definition) is 2. The first kappa shape index (κ1) is 17.4. The number of carbonyl (C=O) groups is 1. The van der Waals surface area contributed by atoms with Crippen molar-refractivity contribution in [3.8, 4) is 11.1 Å². The minimum atomic E-state index is -0.531. The van der Waals surface area contributed by atoms with Crippen LogP contribution in [-0.2, 0) is 4.74 Å². The number of nitrogens with two attached hydrogens (primary N) is 1. The van der Waals surface area contributed by atoms with Crippen molar-refractivity contribution in [2.24, 2.45) is 0 Å². The van der Waals surface area contributed by atoms with Crippen molar-refractivity contribution < 1.29 is 9.53 Å². The topological polar surface area (TPSA) is 69.3 Å². The van der Waals surface area contributed by atoms with E-state index in [9.17, 15) is 4.79 Å². The number of nitrogen functional groups attached to an aromatic ring is 1. The van der Waals surface area contributed by atoms with Crippen LogP contribution in [0.15, 0.2) is 59.1 Å². The summed E-state index contributed by atoms with van der Waals surface area (Å²) >= 11 is 3.54. The molecule has 6 heteroatoms. The van der Waals surface area contributed by atoms with E-state index < -0.39 is 6.09 Å². The highest BCUT2D eigenvalue weighted by Crippen LogP contribution is 2.41. The molecule has 0 fully saturated rings. The maximum atomic E-state index is 11.9. The first-order valence-corrected chi connectivity index (χ1v) is 9.23. The zero-order chi connectivity index (χ0) is 19.1. The molecule has 3 aromatic carbocycles. The van der Waals surface area contributed by atoms with Crippen LogP contribution in [0.2, 0.25) is 0 Å². The highest BCUT2D eigenvalue weighted by molar-refractivity contribution is 9.10. The van der Waals surface area contributed by atoms with E-state index in [-0.39, 0.29) is 0 Å². The Labute approximate surface area is 164 Å². The fourth-order valence-corrected chi connectivity index (χ4v) is 3.90. The third-order valence-electron chi connectivity index (χ3n) is 4.77. The molecular formula is C21H18BrN3O2. The molecule has 5 nitrogen and oxygen atoms in total. The SMILES string of the molecule is COC(=O)Nn1c(C)c(-c2cc(Br)ccc2N)c2c3ccccc3ccc21. The normalized spacial score (nSPS) is 11.1. The summed E-state index contributed by atoms with van der Waals surface area (Å²) in [7, 11) is 1.35. The van der Waals surface area contributed by atoms with Gasteiger partial charge in [-0.15, -0.1) is 0 Å². The number of nitrogens with zero attached hydrogens (tertiary/aromatic N) is 1. The van der Waals surface area contributed by atoms with Gasteiger partial charge in [0.1, 0.15) is 0 Å². The van der Waals surface area contributed by atoms with Gasteiger partial charge in [0, 0.05) is 32.4 Å². The van der Waals surface area contributed by atoms with Crippen molar-refractivity contribution in [1.29, 1.82) is 0 Å². The summed E-state index contributed by atoms with van der Waals surface area (Å²) in [4.78, 5) is 11.9. The number of rotatable bonds is 2. The van der Waals surface area contributed by atoms with Crippen LogP contribution < -0.4 is 11.2 Å². The van der Waals surface area contributed by atoms with E-state index in [2.05, 4.69) is 33.5 Å². The number of hydrogen-bond acceptors (Lipinski definition) is 3. The first-order valence-electron chi connectivity index (χ1n) is 8.44. The summed E-state index contributed by atoms with van der Waals surface area (Å²) in [6, 6.07) is 18.0. The molecule has 0 unspecified atom stereocenters. The monoisotopic (exact) mass is 423 g/mol. The Hall–Kier alpha value is -2.99. The van der Waals surface area contributed by atoms with Gasteiger partial charge in [0.2, 0.25) is 0 Å². The van der Waals surface area contributed by atoms with Gasteiger partial charge in [-0.05, 0) is 42.0 Å². The molecule has 0 aliphatic heterocycles. The summed E-state index contributed by atoms with van der Waals surface area (Å²) in [6.45, 7) is 1.96. The molecule has 0 saturated heterocycles. The average Bonchev–Trinajstić information content (AvgIpc) is 2.95. The maximum Gasteiger partial charge on any atom is 0.426 e. The minimum absolute atomic E-state index is 0.531. The number of aromatic nitrogens is 1. The fraction of sp³-hybridized carbons (Fsp3) is 0.0952. The molecule has 4 aromatic rings. The smallest absolute Gasteiger partial charge is 0.426 e. The van der Waals surface area contributed by atoms with E-state index in [0.717, 1.165) is 43.0 Å². The predicted octanol–water partition coefficient (Wildman–Crippen LogP) is 5.42. The molecule has 1 amide bonds. The number of carbonyl (C=O) groups excluding carboxylic acids is 1. The molecule has 136 valence electrons. The Morgan fingerprint density at radius 3 is 2.70 bits per heavy atom. The molecule has 0 bridgehead atoms. The van der Waals surface area contributed by atoms with Crippen LogP contribution in [0.4, 0.5) is 10.5 Å². The van der Waals surface area contributed by atoms with Gasteiger partial charge < -0.3 is 10.5 Å². The number of anilines is 1. The van der Waals surface area contributed by atoms with Gasteiger partial charge in [-0.1, -0.05) is 46.3 Å². The molecule has 27 heavy (non-hydrogen) atoms. The van der Waals surface area contributed by atoms with Crippen molar-refractivity contribution in [3.05, 3.63) is 64.8 Å². The van der Waals surface area contributed by atoms with E-state index >= 15 is 0 Å². The molecule has 1 heterocycles. The number of fused-ring (bicyclic) bond motifs is 3. The number of methoxy groups -OCH3 is 1. The molecule has 0 aliphatic rings. The zero-order valence-corrected chi connectivity index (χ0v) is 16.5. The third kappa shape index (κ3) is 2.82. The van der Waals surface area contributed by atoms with Gasteiger partial charge in [-0.3, -0.25) is 4.68 Å². The van der Waals surface area contributed by atoms with E-state index in [1.54, 1.807) is 4.68 Å². The van der Waals surface area contributed by atoms with Gasteiger partial charge in [-0.25, -0.2) is 10.2 Å². The molecule has 0 atom stereocenters. The molecule has 4 rings (SSSR count). The van der Waals surface area contributed by atoms with E-state index in [4.69, 9.17) is 10.5 Å². The second-order valence-corrected chi connectivity index (χ2v) is 7.23. The van der Waals surface area contributed by atoms with Gasteiger partial charge in [-0.2, -0.15) is 0 Å². The van der Waals surface area contributed by atoms with Gasteiger partial charge in [0.05, 0.1) is 12.6 Å². The lowest BCUT2D eigenvalue weighted by atomic mass is 9.97. The molecule has 0 spiro atoms. The largest absolute Gasteiger partial charge is 0.452 e. The van der Waals surface area contributed by atoms with E-state index in [0.29, 0.717) is 5.69 Å². The summed E-state index contributed by atoms with van der Waals surface area (Å²) in [5, 5.41) is 3.25. The van der Waals surface area contributed by atoms with Crippen LogP contribution >= 0.6 is 15.9 Å². The van der Waals surface area contributed by atoms with Crippen LogP contribution in [0.5, 0.6) is 0 Å². The van der Waals surface area contributed by atoms with Crippen LogP contribution in [-0.4, -0.2) is 17.9 Å². The summed E-state index contributed by atoms with van der Waals surface area (Å²) < 4.78 is 7.49. The number of nitrogens with one attached hydrogen (secondary N) is 1. The third-order valence-corrected chi connectivity index (χ3v) is 5.26. The van der Waals surface area contributed by atoms with Gasteiger partial charge in [0.25, 0.3) is 0 Å². The van der Waals surface area contributed by atoms with Crippen LogP contribution in [0.3, 0.4) is 0 Å². The van der Waals surface area contributed by atoms with Crippen molar-refractivity contribution in [2.75, 3.05) is 18.3 Å². The second-order valence-electron chi connectivity index (χ2n) is 6.31. The second kappa shape index (κ2) is 6.63. The van der Waals surface area contributed by atoms with Crippen LogP contribution in [0, 0.1) is 6.92 Å². The van der Waals surface area contributed by atoms with Crippen molar-refractivity contribution in [1.82, 2.24) is 4.68 Å². The standard InChI is InChI=1S/C21H18BrN3O2/c1-12-19(16-11-14(22)8-9-17(16)23)20-15-6-4-3-5-13(15)7-10-18(20)25(12)24-21(26)27-2/h3-11H,23H2,1-2H3,(H,24,26). The van der Waals surface area contributed by atoms with Crippen LogP contribution in [0.25, 0.3) is 32.8 Å². The fourth-order valence-electron chi connectivity index (χ4n) is 3.54. The van der Waals surface area contributed by atoms with Crippen molar-refractivity contribution in [3.63, 3.8) is 0 Å². The molecule has 0 aliphatic carbocycles.